The third kappa shape index (κ3) is 1.84. The van der Waals surface area contributed by atoms with Gasteiger partial charge in [-0.25, -0.2) is 0 Å². The monoisotopic (exact) mass is 190 g/mol. The van der Waals surface area contributed by atoms with Crippen LogP contribution >= 0.6 is 0 Å². The molecule has 1 aliphatic carbocycles. The molecule has 0 amide bonds. The fourth-order valence-electron chi connectivity index (χ4n) is 1.82. The van der Waals surface area contributed by atoms with Crippen molar-refractivity contribution in [2.45, 2.75) is 20.3 Å². The van der Waals surface area contributed by atoms with Crippen LogP contribution in [-0.4, -0.2) is 6.54 Å². The van der Waals surface area contributed by atoms with Crippen molar-refractivity contribution in [1.29, 1.82) is 0 Å². The molecule has 3 N–H and O–H groups in total. The summed E-state index contributed by atoms with van der Waals surface area (Å²) >= 11 is 0. The number of hydrogen-bond donors (Lipinski definition) is 2. The number of rotatable bonds is 3. The Labute approximate surface area is 85.5 Å². The molecule has 14 heavy (non-hydrogen) atoms. The first-order valence-corrected chi connectivity index (χ1v) is 5.18. The minimum atomic E-state index is 0.538. The molecule has 76 valence electrons. The summed E-state index contributed by atoms with van der Waals surface area (Å²) in [6, 6.07) is 7.93. The lowest BCUT2D eigenvalue weighted by Crippen LogP contribution is -2.08. The van der Waals surface area contributed by atoms with Crippen LogP contribution in [0.2, 0.25) is 0 Å². The van der Waals surface area contributed by atoms with Gasteiger partial charge in [-0.3, -0.25) is 0 Å². The van der Waals surface area contributed by atoms with Gasteiger partial charge in [-0.05, 0) is 29.9 Å². The van der Waals surface area contributed by atoms with Crippen LogP contribution in [0.3, 0.4) is 0 Å². The molecule has 0 radical (unpaired) electrons. The minimum absolute atomic E-state index is 0.538. The van der Waals surface area contributed by atoms with Crippen molar-refractivity contribution in [3.63, 3.8) is 0 Å². The lowest BCUT2D eigenvalue weighted by molar-refractivity contribution is 0.573. The Balaban J connectivity index is 1.90. The first-order valence-electron chi connectivity index (χ1n) is 5.18. The second-order valence-corrected chi connectivity index (χ2v) is 4.86. The molecule has 2 heteroatoms. The largest absolute Gasteiger partial charge is 0.397 e. The van der Waals surface area contributed by atoms with Crippen LogP contribution in [0.1, 0.15) is 20.3 Å². The zero-order valence-corrected chi connectivity index (χ0v) is 8.88. The number of nitrogens with one attached hydrogen (secondary N) is 1. The van der Waals surface area contributed by atoms with Gasteiger partial charge in [0.1, 0.15) is 0 Å². The van der Waals surface area contributed by atoms with E-state index in [4.69, 9.17) is 5.73 Å². The van der Waals surface area contributed by atoms with Crippen LogP contribution in [0.15, 0.2) is 24.3 Å². The summed E-state index contributed by atoms with van der Waals surface area (Å²) in [6.45, 7) is 5.67. The standard InChI is InChI=1S/C12H18N2/c1-12(2)7-9(12)8-14-11-6-4-3-5-10(11)13/h3-6,9,14H,7-8,13H2,1-2H3. The van der Waals surface area contributed by atoms with E-state index in [0.717, 1.165) is 23.8 Å². The highest BCUT2D eigenvalue weighted by atomic mass is 14.9. The molecule has 1 aromatic carbocycles. The Bertz CT molecular complexity index is 331. The summed E-state index contributed by atoms with van der Waals surface area (Å²) in [5, 5.41) is 3.41. The van der Waals surface area contributed by atoms with Gasteiger partial charge in [-0.1, -0.05) is 26.0 Å². The maximum Gasteiger partial charge on any atom is 0.0574 e. The van der Waals surface area contributed by atoms with E-state index >= 15 is 0 Å². The van der Waals surface area contributed by atoms with Gasteiger partial charge in [-0.15, -0.1) is 0 Å². The summed E-state index contributed by atoms with van der Waals surface area (Å²) in [7, 11) is 0. The summed E-state index contributed by atoms with van der Waals surface area (Å²) in [5.41, 5.74) is 8.27. The van der Waals surface area contributed by atoms with Gasteiger partial charge in [0.25, 0.3) is 0 Å². The first kappa shape index (κ1) is 9.38. The topological polar surface area (TPSA) is 38.0 Å². The molecule has 1 atom stereocenters. The van der Waals surface area contributed by atoms with Crippen LogP contribution in [0, 0.1) is 11.3 Å². The zero-order chi connectivity index (χ0) is 10.2. The predicted octanol–water partition coefficient (Wildman–Crippen LogP) is 2.73. The molecular weight excluding hydrogens is 172 g/mol. The Hall–Kier alpha value is -1.18. The van der Waals surface area contributed by atoms with Crippen molar-refractivity contribution in [1.82, 2.24) is 0 Å². The molecule has 2 rings (SSSR count). The number of nitrogens with two attached hydrogens (primary N) is 1. The van der Waals surface area contributed by atoms with Gasteiger partial charge in [0, 0.05) is 6.54 Å². The summed E-state index contributed by atoms with van der Waals surface area (Å²) < 4.78 is 0. The molecule has 1 aromatic rings. The van der Waals surface area contributed by atoms with Crippen molar-refractivity contribution >= 4 is 11.4 Å². The third-order valence-corrected chi connectivity index (χ3v) is 3.22. The van der Waals surface area contributed by atoms with E-state index in [2.05, 4.69) is 19.2 Å². The van der Waals surface area contributed by atoms with Crippen LogP contribution in [0.25, 0.3) is 0 Å². The Morgan fingerprint density at radius 2 is 2.07 bits per heavy atom. The van der Waals surface area contributed by atoms with Crippen LogP contribution < -0.4 is 11.1 Å². The van der Waals surface area contributed by atoms with E-state index in [1.54, 1.807) is 0 Å². The molecule has 2 nitrogen and oxygen atoms in total. The predicted molar refractivity (Wildman–Crippen MR) is 61.2 cm³/mol. The van der Waals surface area contributed by atoms with E-state index in [9.17, 15) is 0 Å². The summed E-state index contributed by atoms with van der Waals surface area (Å²) in [4.78, 5) is 0. The first-order chi connectivity index (χ1) is 6.59. The van der Waals surface area contributed by atoms with Crippen LogP contribution in [0.5, 0.6) is 0 Å². The SMILES string of the molecule is CC1(C)CC1CNc1ccccc1N. The normalized spacial score (nSPS) is 23.1. The smallest absolute Gasteiger partial charge is 0.0574 e. The number of para-hydroxylation sites is 2. The summed E-state index contributed by atoms with van der Waals surface area (Å²) in [6.07, 6.45) is 1.33. The number of hydrogen-bond acceptors (Lipinski definition) is 2. The highest BCUT2D eigenvalue weighted by molar-refractivity contribution is 5.65. The van der Waals surface area contributed by atoms with Gasteiger partial charge >= 0.3 is 0 Å². The quantitative estimate of drug-likeness (QED) is 0.719. The molecule has 0 spiro atoms. The third-order valence-electron chi connectivity index (χ3n) is 3.22. The lowest BCUT2D eigenvalue weighted by Gasteiger charge is -2.09. The van der Waals surface area contributed by atoms with Crippen molar-refractivity contribution in [2.75, 3.05) is 17.6 Å². The van der Waals surface area contributed by atoms with E-state index < -0.39 is 0 Å². The van der Waals surface area contributed by atoms with Gasteiger partial charge in [0.15, 0.2) is 0 Å². The molecular formula is C12H18N2. The Morgan fingerprint density at radius 3 is 2.64 bits per heavy atom. The number of benzene rings is 1. The molecule has 1 fully saturated rings. The van der Waals surface area contributed by atoms with Gasteiger partial charge in [0.2, 0.25) is 0 Å². The lowest BCUT2D eigenvalue weighted by atomic mass is 10.1. The van der Waals surface area contributed by atoms with E-state index in [0.29, 0.717) is 5.41 Å². The van der Waals surface area contributed by atoms with Crippen molar-refractivity contribution in [3.05, 3.63) is 24.3 Å². The molecule has 0 saturated heterocycles. The second-order valence-electron chi connectivity index (χ2n) is 4.86. The van der Waals surface area contributed by atoms with Crippen LogP contribution in [0.4, 0.5) is 11.4 Å². The number of nitrogen functional groups attached to an aromatic ring is 1. The molecule has 0 heterocycles. The fourth-order valence-corrected chi connectivity index (χ4v) is 1.82. The van der Waals surface area contributed by atoms with Crippen LogP contribution in [-0.2, 0) is 0 Å². The van der Waals surface area contributed by atoms with E-state index in [-0.39, 0.29) is 0 Å². The average molecular weight is 190 g/mol. The zero-order valence-electron chi connectivity index (χ0n) is 8.88. The highest BCUT2D eigenvalue weighted by Gasteiger charge is 2.44. The fraction of sp³-hybridized carbons (Fsp3) is 0.500. The highest BCUT2D eigenvalue weighted by Crippen LogP contribution is 2.51. The van der Waals surface area contributed by atoms with Gasteiger partial charge < -0.3 is 11.1 Å². The maximum atomic E-state index is 5.83. The molecule has 0 bridgehead atoms. The van der Waals surface area contributed by atoms with Crippen molar-refractivity contribution in [2.24, 2.45) is 11.3 Å². The molecule has 1 unspecified atom stereocenters. The molecule has 1 saturated carbocycles. The maximum absolute atomic E-state index is 5.83. The number of anilines is 2. The Kier molecular flexibility index (Phi) is 2.14. The average Bonchev–Trinajstić information content (AvgIpc) is 2.73. The minimum Gasteiger partial charge on any atom is -0.397 e. The van der Waals surface area contributed by atoms with Crippen molar-refractivity contribution < 1.29 is 0 Å². The Morgan fingerprint density at radius 1 is 1.43 bits per heavy atom. The molecule has 0 aliphatic heterocycles. The van der Waals surface area contributed by atoms with E-state index in [1.807, 2.05) is 24.3 Å². The van der Waals surface area contributed by atoms with Crippen molar-refractivity contribution in [3.8, 4) is 0 Å². The van der Waals surface area contributed by atoms with Gasteiger partial charge in [-0.2, -0.15) is 0 Å². The van der Waals surface area contributed by atoms with E-state index in [1.165, 1.54) is 6.42 Å². The second kappa shape index (κ2) is 3.19. The molecule has 1 aliphatic rings. The molecule has 0 aromatic heterocycles. The summed E-state index contributed by atoms with van der Waals surface area (Å²) in [5.74, 6) is 0.808. The van der Waals surface area contributed by atoms with Gasteiger partial charge in [0.05, 0.1) is 11.4 Å².